The molecule has 2 aromatic rings. The second-order valence-corrected chi connectivity index (χ2v) is 5.10. The number of quaternary nitrogens is 1. The fourth-order valence-corrected chi connectivity index (χ4v) is 2.27. The van der Waals surface area contributed by atoms with Crippen molar-refractivity contribution < 1.29 is 23.9 Å². The maximum atomic E-state index is 13.7. The summed E-state index contributed by atoms with van der Waals surface area (Å²) in [4.78, 5) is 0. The van der Waals surface area contributed by atoms with Crippen molar-refractivity contribution in [1.29, 1.82) is 0 Å². The van der Waals surface area contributed by atoms with E-state index >= 15 is 0 Å². The van der Waals surface area contributed by atoms with Gasteiger partial charge in [0.1, 0.15) is 19.0 Å². The van der Waals surface area contributed by atoms with Crippen molar-refractivity contribution in [2.45, 2.75) is 13.2 Å². The Kier molecular flexibility index (Phi) is 6.84. The predicted molar refractivity (Wildman–Crippen MR) is 86.1 cm³/mol. The lowest BCUT2D eigenvalue weighted by Gasteiger charge is -2.15. The highest BCUT2D eigenvalue weighted by Crippen LogP contribution is 2.31. The summed E-state index contributed by atoms with van der Waals surface area (Å²) >= 11 is 0. The van der Waals surface area contributed by atoms with Crippen LogP contribution in [0.1, 0.15) is 11.1 Å². The van der Waals surface area contributed by atoms with Crippen LogP contribution in [0.25, 0.3) is 0 Å². The molecule has 4 nitrogen and oxygen atoms in total. The molecule has 0 fully saturated rings. The summed E-state index contributed by atoms with van der Waals surface area (Å²) in [5.74, 6) is 1.04. The molecule has 0 radical (unpaired) electrons. The van der Waals surface area contributed by atoms with E-state index in [9.17, 15) is 4.39 Å². The van der Waals surface area contributed by atoms with E-state index in [1.807, 2.05) is 18.2 Å². The molecule has 2 rings (SSSR count). The van der Waals surface area contributed by atoms with E-state index in [-0.39, 0.29) is 12.4 Å². The van der Waals surface area contributed by atoms with Gasteiger partial charge in [0.15, 0.2) is 11.5 Å². The van der Waals surface area contributed by atoms with Crippen LogP contribution in [-0.4, -0.2) is 27.4 Å². The Morgan fingerprint density at radius 1 is 1.00 bits per heavy atom. The molecule has 2 aromatic carbocycles. The zero-order valence-electron chi connectivity index (χ0n) is 13.5. The molecule has 0 aromatic heterocycles. The average Bonchev–Trinajstić information content (AvgIpc) is 2.58. The summed E-state index contributed by atoms with van der Waals surface area (Å²) < 4.78 is 30.0. The van der Waals surface area contributed by atoms with Gasteiger partial charge in [-0.2, -0.15) is 0 Å². The highest BCUT2D eigenvalue weighted by atomic mass is 19.1. The quantitative estimate of drug-likeness (QED) is 0.720. The van der Waals surface area contributed by atoms with Crippen LogP contribution in [0.4, 0.5) is 4.39 Å². The summed E-state index contributed by atoms with van der Waals surface area (Å²) in [6.45, 7) is 2.46. The van der Waals surface area contributed by atoms with Crippen LogP contribution < -0.4 is 14.8 Å². The van der Waals surface area contributed by atoms with Crippen LogP contribution >= 0.6 is 0 Å². The van der Waals surface area contributed by atoms with Crippen LogP contribution in [-0.2, 0) is 17.9 Å². The van der Waals surface area contributed by atoms with E-state index in [2.05, 4.69) is 5.32 Å². The number of methoxy groups -OCH3 is 2. The van der Waals surface area contributed by atoms with Gasteiger partial charge in [-0.15, -0.1) is 0 Å². The lowest BCUT2D eigenvalue weighted by atomic mass is 10.1. The first-order valence-corrected chi connectivity index (χ1v) is 7.59. The summed E-state index contributed by atoms with van der Waals surface area (Å²) in [6, 6.07) is 12.4. The minimum Gasteiger partial charge on any atom is -0.493 e. The Bertz CT molecular complexity index is 619. The Hall–Kier alpha value is -2.11. The molecule has 0 aliphatic heterocycles. The number of rotatable bonds is 9. The third-order valence-electron chi connectivity index (χ3n) is 3.50. The van der Waals surface area contributed by atoms with Crippen LogP contribution in [0.5, 0.6) is 11.5 Å². The molecular weight excluding hydrogens is 297 g/mol. The molecule has 0 aliphatic rings. The molecule has 0 spiro atoms. The lowest BCUT2D eigenvalue weighted by molar-refractivity contribution is -0.671. The Morgan fingerprint density at radius 2 is 1.78 bits per heavy atom. The highest BCUT2D eigenvalue weighted by Gasteiger charge is 2.13. The van der Waals surface area contributed by atoms with E-state index in [1.165, 1.54) is 6.07 Å². The smallest absolute Gasteiger partial charge is 0.170 e. The monoisotopic (exact) mass is 320 g/mol. The van der Waals surface area contributed by atoms with Crippen LogP contribution in [0.2, 0.25) is 0 Å². The van der Waals surface area contributed by atoms with Gasteiger partial charge in [-0.05, 0) is 18.2 Å². The van der Waals surface area contributed by atoms with Crippen molar-refractivity contribution in [2.24, 2.45) is 0 Å². The van der Waals surface area contributed by atoms with Crippen molar-refractivity contribution in [3.05, 3.63) is 59.4 Å². The first-order chi connectivity index (χ1) is 11.3. The van der Waals surface area contributed by atoms with Gasteiger partial charge in [0.05, 0.1) is 25.8 Å². The van der Waals surface area contributed by atoms with Gasteiger partial charge >= 0.3 is 0 Å². The number of hydrogen-bond donors (Lipinski definition) is 1. The molecular formula is C18H23FNO3+. The minimum atomic E-state index is -0.268. The van der Waals surface area contributed by atoms with Crippen molar-refractivity contribution >= 4 is 0 Å². The molecule has 5 heteroatoms. The van der Waals surface area contributed by atoms with E-state index in [0.717, 1.165) is 18.7 Å². The van der Waals surface area contributed by atoms with E-state index < -0.39 is 0 Å². The van der Waals surface area contributed by atoms with E-state index in [0.29, 0.717) is 23.7 Å². The fraction of sp³-hybridized carbons (Fsp3) is 0.333. The summed E-state index contributed by atoms with van der Waals surface area (Å²) in [7, 11) is 3.28. The van der Waals surface area contributed by atoms with Crippen molar-refractivity contribution in [3.8, 4) is 11.5 Å². The Morgan fingerprint density at radius 3 is 2.52 bits per heavy atom. The number of halogens is 1. The lowest BCUT2D eigenvalue weighted by Crippen LogP contribution is -2.83. The van der Waals surface area contributed by atoms with Crippen LogP contribution in [0, 0.1) is 5.82 Å². The molecule has 0 bridgehead atoms. The molecule has 0 saturated heterocycles. The highest BCUT2D eigenvalue weighted by molar-refractivity contribution is 5.46. The van der Waals surface area contributed by atoms with Gasteiger partial charge in [0.25, 0.3) is 0 Å². The summed E-state index contributed by atoms with van der Waals surface area (Å²) in [5, 5.41) is 2.13. The van der Waals surface area contributed by atoms with Crippen LogP contribution in [0.15, 0.2) is 42.5 Å². The SMILES string of the molecule is COCC[NH2+]Cc1cccc(OC)c1OCc1ccccc1F. The Labute approximate surface area is 136 Å². The third-order valence-corrected chi connectivity index (χ3v) is 3.50. The zero-order chi connectivity index (χ0) is 16.5. The van der Waals surface area contributed by atoms with Gasteiger partial charge < -0.3 is 19.5 Å². The number of ether oxygens (including phenoxy) is 3. The minimum absolute atomic E-state index is 0.165. The maximum Gasteiger partial charge on any atom is 0.170 e. The molecule has 124 valence electrons. The standard InChI is InChI=1S/C18H22FNO3/c1-21-11-10-20-12-14-7-5-9-17(22-2)18(14)23-13-15-6-3-4-8-16(15)19/h3-9,20H,10-13H2,1-2H3/p+1. The van der Waals surface area contributed by atoms with E-state index in [4.69, 9.17) is 14.2 Å². The normalized spacial score (nSPS) is 10.6. The summed E-state index contributed by atoms with van der Waals surface area (Å²) in [6.07, 6.45) is 0. The fourth-order valence-electron chi connectivity index (χ4n) is 2.27. The zero-order valence-corrected chi connectivity index (χ0v) is 13.5. The van der Waals surface area contributed by atoms with Gasteiger partial charge in [0, 0.05) is 12.7 Å². The molecule has 0 atom stereocenters. The number of para-hydroxylation sites is 1. The first-order valence-electron chi connectivity index (χ1n) is 7.59. The van der Waals surface area contributed by atoms with Crippen molar-refractivity contribution in [2.75, 3.05) is 27.4 Å². The van der Waals surface area contributed by atoms with Gasteiger partial charge in [-0.1, -0.05) is 24.3 Å². The van der Waals surface area contributed by atoms with E-state index in [1.54, 1.807) is 32.4 Å². The number of hydrogen-bond acceptors (Lipinski definition) is 3. The molecule has 0 heterocycles. The second-order valence-electron chi connectivity index (χ2n) is 5.10. The van der Waals surface area contributed by atoms with Gasteiger partial charge in [-0.3, -0.25) is 0 Å². The number of nitrogens with two attached hydrogens (primary N) is 1. The van der Waals surface area contributed by atoms with Crippen molar-refractivity contribution in [1.82, 2.24) is 0 Å². The second kappa shape index (κ2) is 9.12. The molecule has 0 unspecified atom stereocenters. The molecule has 0 aliphatic carbocycles. The molecule has 2 N–H and O–H groups in total. The average molecular weight is 320 g/mol. The Balaban J connectivity index is 2.10. The van der Waals surface area contributed by atoms with Gasteiger partial charge in [0.2, 0.25) is 0 Å². The number of benzene rings is 2. The molecule has 0 saturated carbocycles. The topological polar surface area (TPSA) is 44.3 Å². The molecule has 23 heavy (non-hydrogen) atoms. The maximum absolute atomic E-state index is 13.7. The van der Waals surface area contributed by atoms with Crippen LogP contribution in [0.3, 0.4) is 0 Å². The summed E-state index contributed by atoms with van der Waals surface area (Å²) in [5.41, 5.74) is 1.53. The van der Waals surface area contributed by atoms with Crippen molar-refractivity contribution in [3.63, 3.8) is 0 Å². The first kappa shape index (κ1) is 17.2. The third kappa shape index (κ3) is 4.94. The largest absolute Gasteiger partial charge is 0.493 e. The van der Waals surface area contributed by atoms with Gasteiger partial charge in [-0.25, -0.2) is 4.39 Å². The molecule has 0 amide bonds. The predicted octanol–water partition coefficient (Wildman–Crippen LogP) is 2.12.